The molecule has 4 rings (SSSR count). The van der Waals surface area contributed by atoms with Crippen LogP contribution in [0.25, 0.3) is 0 Å². The molecule has 66 heavy (non-hydrogen) atoms. The number of benzene rings is 1. The first-order valence-corrected chi connectivity index (χ1v) is 23.4. The topological polar surface area (TPSA) is 231 Å². The average molecular weight is 916 g/mol. The highest BCUT2D eigenvalue weighted by molar-refractivity contribution is 6.38. The Hall–Kier alpha value is -5.87. The van der Waals surface area contributed by atoms with Crippen LogP contribution in [0.5, 0.6) is 0 Å². The molecule has 360 valence electrons. The summed E-state index contributed by atoms with van der Waals surface area (Å²) in [6, 6.07) is 5.90. The number of rotatable bonds is 23. The third-order valence-electron chi connectivity index (χ3n) is 12.2. The van der Waals surface area contributed by atoms with Gasteiger partial charge in [0.25, 0.3) is 5.91 Å². The number of likely N-dealkylation sites (N-methyl/N-ethyl adjacent to an activating group) is 1. The van der Waals surface area contributed by atoms with Gasteiger partial charge in [0.2, 0.25) is 23.5 Å². The number of amides is 5. The van der Waals surface area contributed by atoms with Crippen LogP contribution < -0.4 is 16.0 Å². The fraction of sp³-hybridized carbons (Fsp3) is 0.612. The molecule has 3 N–H and O–H groups in total. The summed E-state index contributed by atoms with van der Waals surface area (Å²) in [4.78, 5) is 133. The molecule has 0 unspecified atom stereocenters. The minimum atomic E-state index is -1.02. The maximum atomic E-state index is 14.3. The van der Waals surface area contributed by atoms with Gasteiger partial charge in [0.05, 0.1) is 24.2 Å². The highest BCUT2D eigenvalue weighted by Crippen LogP contribution is 2.30. The number of carbonyl (C=O) groups excluding carboxylic acids is 9. The van der Waals surface area contributed by atoms with Crippen molar-refractivity contribution in [2.24, 2.45) is 23.7 Å². The van der Waals surface area contributed by atoms with Crippen LogP contribution >= 0.6 is 0 Å². The predicted octanol–water partition coefficient (Wildman–Crippen LogP) is 5.12. The van der Waals surface area contributed by atoms with Crippen molar-refractivity contribution in [2.45, 2.75) is 142 Å². The molecule has 6 atom stereocenters. The first-order chi connectivity index (χ1) is 31.3. The fourth-order valence-corrected chi connectivity index (χ4v) is 8.73. The first-order valence-electron chi connectivity index (χ1n) is 23.4. The number of likely N-dealkylation sites (tertiary alicyclic amines) is 1. The average Bonchev–Trinajstić information content (AvgIpc) is 3.72. The van der Waals surface area contributed by atoms with Crippen LogP contribution in [0.2, 0.25) is 0 Å². The molecule has 2 aromatic rings. The monoisotopic (exact) mass is 916 g/mol. The highest BCUT2D eigenvalue weighted by Gasteiger charge is 2.44. The predicted molar refractivity (Wildman–Crippen MR) is 244 cm³/mol. The summed E-state index contributed by atoms with van der Waals surface area (Å²) in [5.74, 6) is -7.28. The Kier molecular flexibility index (Phi) is 20.1. The van der Waals surface area contributed by atoms with Gasteiger partial charge in [-0.15, -0.1) is 0 Å². The standard InChI is InChI=1S/C49H69N7O10/c1-8-16-33(44(61)38(57)22-23-41(60)53-43(47(64)55(6)7)32-20-14-11-15-21-32)26-39(58)35-29-56(48(65)66-49(3,4)5)30-37(35)52-45(62)34(17-9-2)27-40(59)42(31-18-12-10-13-19-31)54-46(63)36-28-50-24-25-51-36/h11,14-15,20-21,24-25,28,31,33-35,37,42-43H,8-10,12-13,16-19,22-23,26-27,29-30H2,1-7H3,(H,52,62)(H,53,60)(H,54,63)/t33-,34-,35-,37+,42+,43+/m1/s1. The van der Waals surface area contributed by atoms with Crippen LogP contribution in [-0.4, -0.2) is 117 Å². The Balaban J connectivity index is 1.48. The number of aromatic nitrogens is 2. The van der Waals surface area contributed by atoms with Crippen molar-refractivity contribution in [2.75, 3.05) is 27.2 Å². The molecule has 1 aromatic heterocycles. The van der Waals surface area contributed by atoms with E-state index in [2.05, 4.69) is 25.9 Å². The lowest BCUT2D eigenvalue weighted by Gasteiger charge is -2.31. The van der Waals surface area contributed by atoms with E-state index in [-0.39, 0.29) is 62.1 Å². The molecular formula is C49H69N7O10. The van der Waals surface area contributed by atoms with Gasteiger partial charge in [-0.2, -0.15) is 0 Å². The second-order valence-electron chi connectivity index (χ2n) is 18.8. The molecule has 0 bridgehead atoms. The van der Waals surface area contributed by atoms with Crippen molar-refractivity contribution >= 4 is 52.9 Å². The Morgan fingerprint density at radius 1 is 0.833 bits per heavy atom. The molecule has 1 saturated heterocycles. The van der Waals surface area contributed by atoms with Crippen molar-refractivity contribution in [1.29, 1.82) is 0 Å². The summed E-state index contributed by atoms with van der Waals surface area (Å²) in [5.41, 5.74) is -0.233. The molecule has 17 heteroatoms. The van der Waals surface area contributed by atoms with Crippen molar-refractivity contribution in [3.63, 3.8) is 0 Å². The zero-order valence-corrected chi connectivity index (χ0v) is 39.6. The van der Waals surface area contributed by atoms with E-state index in [0.717, 1.165) is 32.1 Å². The molecule has 17 nitrogen and oxygen atoms in total. The van der Waals surface area contributed by atoms with Crippen LogP contribution in [0.3, 0.4) is 0 Å². The molecule has 2 aliphatic rings. The summed E-state index contributed by atoms with van der Waals surface area (Å²) in [6.07, 6.45) is 8.03. The van der Waals surface area contributed by atoms with E-state index in [0.29, 0.717) is 24.8 Å². The molecule has 5 amide bonds. The zero-order valence-electron chi connectivity index (χ0n) is 39.6. The zero-order chi connectivity index (χ0) is 48.6. The summed E-state index contributed by atoms with van der Waals surface area (Å²) < 4.78 is 5.62. The van der Waals surface area contributed by atoms with Crippen LogP contribution in [0.1, 0.15) is 140 Å². The molecule has 1 aromatic carbocycles. The fourth-order valence-electron chi connectivity index (χ4n) is 8.73. The quantitative estimate of drug-likeness (QED) is 0.123. The van der Waals surface area contributed by atoms with Gasteiger partial charge in [0, 0.05) is 77.1 Å². The maximum absolute atomic E-state index is 14.3. The maximum Gasteiger partial charge on any atom is 0.410 e. The Morgan fingerprint density at radius 3 is 2.11 bits per heavy atom. The number of ketones is 4. The van der Waals surface area contributed by atoms with Crippen molar-refractivity contribution in [1.82, 2.24) is 35.7 Å². The van der Waals surface area contributed by atoms with Gasteiger partial charge in [0.1, 0.15) is 23.1 Å². The SMILES string of the molecule is CCC[C@H](CC(=O)[C@@H](NC(=O)c1cnccn1)C1CCCCC1)C(=O)N[C@H]1CN(C(=O)OC(C)(C)C)C[C@H]1C(=O)C[C@@H](CCC)C(=O)C(=O)CCC(=O)N[C@H](C(=O)N(C)C)c1ccccc1. The summed E-state index contributed by atoms with van der Waals surface area (Å²) in [5, 5.41) is 8.54. The molecule has 2 heterocycles. The van der Waals surface area contributed by atoms with E-state index in [4.69, 9.17) is 4.74 Å². The van der Waals surface area contributed by atoms with E-state index in [1.54, 1.807) is 65.2 Å². The van der Waals surface area contributed by atoms with Crippen molar-refractivity contribution in [3.8, 4) is 0 Å². The summed E-state index contributed by atoms with van der Waals surface area (Å²) >= 11 is 0. The Labute approximate surface area is 388 Å². The number of hydrogen-bond donors (Lipinski definition) is 3. The largest absolute Gasteiger partial charge is 0.444 e. The molecule has 2 fully saturated rings. The molecule has 1 aliphatic heterocycles. The van der Waals surface area contributed by atoms with Crippen molar-refractivity contribution < 1.29 is 47.9 Å². The van der Waals surface area contributed by atoms with Crippen LogP contribution in [0.4, 0.5) is 4.79 Å². The van der Waals surface area contributed by atoms with Gasteiger partial charge in [-0.1, -0.05) is 76.3 Å². The number of hydrogen-bond acceptors (Lipinski definition) is 12. The number of ether oxygens (including phenoxy) is 1. The number of carbonyl (C=O) groups is 9. The molecule has 0 spiro atoms. The van der Waals surface area contributed by atoms with Gasteiger partial charge < -0.3 is 30.5 Å². The summed E-state index contributed by atoms with van der Waals surface area (Å²) in [7, 11) is 3.12. The van der Waals surface area contributed by atoms with Crippen LogP contribution in [0.15, 0.2) is 48.9 Å². The Bertz CT molecular complexity index is 2020. The van der Waals surface area contributed by atoms with Gasteiger partial charge in [-0.25, -0.2) is 9.78 Å². The lowest BCUT2D eigenvalue weighted by Crippen LogP contribution is -2.49. The second kappa shape index (κ2) is 25.2. The van der Waals surface area contributed by atoms with Gasteiger partial charge >= 0.3 is 6.09 Å². The van der Waals surface area contributed by atoms with Gasteiger partial charge in [-0.3, -0.25) is 43.3 Å². The van der Waals surface area contributed by atoms with E-state index in [1.165, 1.54) is 28.4 Å². The van der Waals surface area contributed by atoms with Crippen LogP contribution in [0, 0.1) is 23.7 Å². The van der Waals surface area contributed by atoms with E-state index in [1.807, 2.05) is 13.8 Å². The van der Waals surface area contributed by atoms with Gasteiger partial charge in [-0.05, 0) is 57.9 Å². The normalized spacial score (nSPS) is 18.2. The summed E-state index contributed by atoms with van der Waals surface area (Å²) in [6.45, 7) is 8.62. The lowest BCUT2D eigenvalue weighted by atomic mass is 9.80. The van der Waals surface area contributed by atoms with Crippen LogP contribution in [-0.2, 0) is 38.3 Å². The number of nitrogens with one attached hydrogen (secondary N) is 3. The lowest BCUT2D eigenvalue weighted by molar-refractivity contribution is -0.141. The first kappa shape index (κ1) is 52.8. The molecular weight excluding hydrogens is 847 g/mol. The van der Waals surface area contributed by atoms with E-state index in [9.17, 15) is 43.2 Å². The smallest absolute Gasteiger partial charge is 0.410 e. The van der Waals surface area contributed by atoms with E-state index < -0.39 is 89.1 Å². The van der Waals surface area contributed by atoms with E-state index >= 15 is 0 Å². The number of Topliss-reactive ketones (excluding diaryl/α,β-unsaturated/α-hetero) is 4. The third kappa shape index (κ3) is 15.6. The minimum absolute atomic E-state index is 0.0715. The molecule has 1 aliphatic carbocycles. The highest BCUT2D eigenvalue weighted by atomic mass is 16.6. The number of nitrogens with zero attached hydrogens (tertiary/aromatic N) is 4. The molecule has 0 radical (unpaired) electrons. The Morgan fingerprint density at radius 2 is 1.50 bits per heavy atom. The third-order valence-corrected chi connectivity index (χ3v) is 12.2. The van der Waals surface area contributed by atoms with Crippen molar-refractivity contribution in [3.05, 3.63) is 60.2 Å². The molecule has 1 saturated carbocycles. The second-order valence-corrected chi connectivity index (χ2v) is 18.8. The minimum Gasteiger partial charge on any atom is -0.444 e. The van der Waals surface area contributed by atoms with Gasteiger partial charge in [0.15, 0.2) is 11.6 Å².